The molecule has 1 atom stereocenters. The molecule has 0 aliphatic heterocycles. The number of carboxylic acids is 1. The molecule has 8 heteroatoms. The van der Waals surface area contributed by atoms with Crippen LogP contribution in [0.1, 0.15) is 13.8 Å². The lowest BCUT2D eigenvalue weighted by atomic mass is 10.4. The normalized spacial score (nSPS) is 13.0. The highest BCUT2D eigenvalue weighted by Gasteiger charge is 2.21. The van der Waals surface area contributed by atoms with E-state index < -0.39 is 22.0 Å². The zero-order valence-corrected chi connectivity index (χ0v) is 10.8. The maximum absolute atomic E-state index is 11.8. The molecule has 0 saturated carbocycles. The Morgan fingerprint density at radius 2 is 2.22 bits per heavy atom. The van der Waals surface area contributed by atoms with Crippen molar-refractivity contribution in [3.63, 3.8) is 0 Å². The summed E-state index contributed by atoms with van der Waals surface area (Å²) in [7, 11) is -3.89. The first-order chi connectivity index (χ1) is 8.36. The summed E-state index contributed by atoms with van der Waals surface area (Å²) < 4.78 is 30.6. The number of sulfonamides is 1. The molecule has 0 saturated heterocycles. The minimum atomic E-state index is -3.89. The van der Waals surface area contributed by atoms with Gasteiger partial charge in [0.15, 0.2) is 0 Å². The molecular weight excluding hydrogens is 260 g/mol. The third-order valence-electron chi connectivity index (χ3n) is 2.01. The largest absolute Gasteiger partial charge is 0.480 e. The van der Waals surface area contributed by atoms with Crippen molar-refractivity contribution in [1.82, 2.24) is 9.71 Å². The van der Waals surface area contributed by atoms with Crippen molar-refractivity contribution in [2.24, 2.45) is 0 Å². The second-order valence-corrected chi connectivity index (χ2v) is 5.16. The average molecular weight is 274 g/mol. The zero-order chi connectivity index (χ0) is 13.8. The molecule has 18 heavy (non-hydrogen) atoms. The fourth-order valence-electron chi connectivity index (χ4n) is 1.11. The number of carbonyl (C=O) groups is 1. The standard InChI is InChI=1S/C10H14N2O5S/c1-3-17-9-5-4-8(6-11-9)18(15,16)12-7(2)10(13)14/h4-7,12H,3H2,1-2H3,(H,13,14). The van der Waals surface area contributed by atoms with Crippen LogP contribution in [0.3, 0.4) is 0 Å². The van der Waals surface area contributed by atoms with Crippen molar-refractivity contribution >= 4 is 16.0 Å². The second kappa shape index (κ2) is 5.78. The first-order valence-electron chi connectivity index (χ1n) is 5.21. The average Bonchev–Trinajstić information content (AvgIpc) is 2.29. The Morgan fingerprint density at radius 3 is 2.67 bits per heavy atom. The first kappa shape index (κ1) is 14.4. The minimum absolute atomic E-state index is 0.112. The Morgan fingerprint density at radius 1 is 1.56 bits per heavy atom. The van der Waals surface area contributed by atoms with Gasteiger partial charge in [-0.2, -0.15) is 4.72 Å². The molecule has 0 spiro atoms. The summed E-state index contributed by atoms with van der Waals surface area (Å²) >= 11 is 0. The molecule has 100 valence electrons. The Balaban J connectivity index is 2.88. The van der Waals surface area contributed by atoms with Crippen LogP contribution in [0.2, 0.25) is 0 Å². The highest BCUT2D eigenvalue weighted by molar-refractivity contribution is 7.89. The summed E-state index contributed by atoms with van der Waals surface area (Å²) in [6, 6.07) is 1.50. The summed E-state index contributed by atoms with van der Waals surface area (Å²) in [5, 5.41) is 8.64. The number of aliphatic carboxylic acids is 1. The van der Waals surface area contributed by atoms with Gasteiger partial charge in [-0.05, 0) is 19.9 Å². The van der Waals surface area contributed by atoms with Crippen LogP contribution in [0.25, 0.3) is 0 Å². The Hall–Kier alpha value is -1.67. The van der Waals surface area contributed by atoms with Crippen LogP contribution in [-0.4, -0.2) is 37.1 Å². The molecule has 1 aromatic rings. The summed E-state index contributed by atoms with van der Waals surface area (Å²) in [6.07, 6.45) is 1.11. The van der Waals surface area contributed by atoms with Gasteiger partial charge in [-0.3, -0.25) is 4.79 Å². The molecule has 1 aromatic heterocycles. The van der Waals surface area contributed by atoms with Crippen LogP contribution < -0.4 is 9.46 Å². The smallest absolute Gasteiger partial charge is 0.321 e. The molecular formula is C10H14N2O5S. The van der Waals surface area contributed by atoms with E-state index in [1.165, 1.54) is 19.1 Å². The van der Waals surface area contributed by atoms with E-state index in [1.54, 1.807) is 6.92 Å². The van der Waals surface area contributed by atoms with E-state index in [9.17, 15) is 13.2 Å². The number of hydrogen-bond donors (Lipinski definition) is 2. The summed E-state index contributed by atoms with van der Waals surface area (Å²) in [5.41, 5.74) is 0. The lowest BCUT2D eigenvalue weighted by Gasteiger charge is -2.10. The number of rotatable bonds is 6. The molecule has 0 aliphatic rings. The Labute approximate surface area is 105 Å². The van der Waals surface area contributed by atoms with Crippen LogP contribution in [0.15, 0.2) is 23.2 Å². The molecule has 1 heterocycles. The van der Waals surface area contributed by atoms with Gasteiger partial charge in [0.25, 0.3) is 0 Å². The molecule has 0 bridgehead atoms. The van der Waals surface area contributed by atoms with Gasteiger partial charge >= 0.3 is 5.97 Å². The van der Waals surface area contributed by atoms with Crippen molar-refractivity contribution in [1.29, 1.82) is 0 Å². The number of carboxylic acid groups (broad SMARTS) is 1. The van der Waals surface area contributed by atoms with E-state index in [4.69, 9.17) is 9.84 Å². The van der Waals surface area contributed by atoms with E-state index in [1.807, 2.05) is 4.72 Å². The van der Waals surface area contributed by atoms with Gasteiger partial charge in [-0.15, -0.1) is 0 Å². The zero-order valence-electron chi connectivity index (χ0n) is 9.95. The number of hydrogen-bond acceptors (Lipinski definition) is 5. The van der Waals surface area contributed by atoms with Gasteiger partial charge in [0.1, 0.15) is 10.9 Å². The number of nitrogens with one attached hydrogen (secondary N) is 1. The lowest BCUT2D eigenvalue weighted by Crippen LogP contribution is -2.38. The monoisotopic (exact) mass is 274 g/mol. The van der Waals surface area contributed by atoms with E-state index in [0.29, 0.717) is 12.5 Å². The van der Waals surface area contributed by atoms with E-state index in [-0.39, 0.29) is 4.90 Å². The van der Waals surface area contributed by atoms with Gasteiger partial charge < -0.3 is 9.84 Å². The van der Waals surface area contributed by atoms with Crippen LogP contribution in [0.5, 0.6) is 5.88 Å². The van der Waals surface area contributed by atoms with Gasteiger partial charge in [0, 0.05) is 6.07 Å². The molecule has 1 unspecified atom stereocenters. The topological polar surface area (TPSA) is 106 Å². The third-order valence-corrected chi connectivity index (χ3v) is 3.54. The summed E-state index contributed by atoms with van der Waals surface area (Å²) in [4.78, 5) is 14.3. The fourth-order valence-corrected chi connectivity index (χ4v) is 2.25. The number of ether oxygens (including phenoxy) is 1. The van der Waals surface area contributed by atoms with E-state index >= 15 is 0 Å². The molecule has 0 aliphatic carbocycles. The second-order valence-electron chi connectivity index (χ2n) is 3.45. The highest BCUT2D eigenvalue weighted by atomic mass is 32.2. The molecule has 2 N–H and O–H groups in total. The van der Waals surface area contributed by atoms with Crippen molar-refractivity contribution < 1.29 is 23.1 Å². The summed E-state index contributed by atoms with van der Waals surface area (Å²) in [5.74, 6) is -0.944. The van der Waals surface area contributed by atoms with Gasteiger partial charge in [-0.25, -0.2) is 13.4 Å². The van der Waals surface area contributed by atoms with Crippen molar-refractivity contribution in [2.45, 2.75) is 24.8 Å². The fraction of sp³-hybridized carbons (Fsp3) is 0.400. The SMILES string of the molecule is CCOc1ccc(S(=O)(=O)NC(C)C(=O)O)cn1. The molecule has 0 amide bonds. The number of pyridine rings is 1. The van der Waals surface area contributed by atoms with Crippen LogP contribution in [0.4, 0.5) is 0 Å². The van der Waals surface area contributed by atoms with Gasteiger partial charge in [-0.1, -0.05) is 0 Å². The third kappa shape index (κ3) is 3.67. The molecule has 0 fully saturated rings. The Kier molecular flexibility index (Phi) is 4.62. The molecule has 7 nitrogen and oxygen atoms in total. The molecule has 1 rings (SSSR count). The maximum atomic E-state index is 11.8. The predicted molar refractivity (Wildman–Crippen MR) is 62.8 cm³/mol. The molecule has 0 aromatic carbocycles. The highest BCUT2D eigenvalue weighted by Crippen LogP contribution is 2.12. The lowest BCUT2D eigenvalue weighted by molar-refractivity contribution is -0.138. The van der Waals surface area contributed by atoms with Crippen molar-refractivity contribution in [3.05, 3.63) is 18.3 Å². The van der Waals surface area contributed by atoms with E-state index in [2.05, 4.69) is 4.98 Å². The Bertz CT molecular complexity index is 512. The summed E-state index contributed by atoms with van der Waals surface area (Å²) in [6.45, 7) is 3.44. The van der Waals surface area contributed by atoms with Crippen molar-refractivity contribution in [2.75, 3.05) is 6.61 Å². The minimum Gasteiger partial charge on any atom is -0.480 e. The van der Waals surface area contributed by atoms with Crippen LogP contribution in [0, 0.1) is 0 Å². The van der Waals surface area contributed by atoms with Gasteiger partial charge in [0.2, 0.25) is 15.9 Å². The maximum Gasteiger partial charge on any atom is 0.321 e. The number of nitrogens with zero attached hydrogens (tertiary/aromatic N) is 1. The van der Waals surface area contributed by atoms with E-state index in [0.717, 1.165) is 6.20 Å². The molecule has 0 radical (unpaired) electrons. The first-order valence-corrected chi connectivity index (χ1v) is 6.69. The predicted octanol–water partition coefficient (Wildman–Crippen LogP) is 0.232. The van der Waals surface area contributed by atoms with Gasteiger partial charge in [0.05, 0.1) is 12.8 Å². The quantitative estimate of drug-likeness (QED) is 0.769. The number of aromatic nitrogens is 1. The van der Waals surface area contributed by atoms with Crippen LogP contribution >= 0.6 is 0 Å². The van der Waals surface area contributed by atoms with Crippen molar-refractivity contribution in [3.8, 4) is 5.88 Å². The van der Waals surface area contributed by atoms with Crippen LogP contribution in [-0.2, 0) is 14.8 Å².